The summed E-state index contributed by atoms with van der Waals surface area (Å²) in [6.07, 6.45) is 8.27. The third-order valence-electron chi connectivity index (χ3n) is 6.12. The van der Waals surface area contributed by atoms with Gasteiger partial charge >= 0.3 is 0 Å². The van der Waals surface area contributed by atoms with Crippen molar-refractivity contribution in [2.24, 2.45) is 7.05 Å². The summed E-state index contributed by atoms with van der Waals surface area (Å²) >= 11 is 0. The Hall–Kier alpha value is -4.24. The standard InChI is InChI=1S/C29H35N7O2/c1-34(2)17-9-16-30-27(37)15-8-12-25-21-36(26-13-5-4-6-14-26)29(32-25)33-28(38)23-11-7-10-22(18-23)24-19-31-35(3)20-24/h4-7,10-11,13-14,18-21H,8-9,12,15-17H2,1-3H3,(H,30,37)(H,32,33,38). The minimum Gasteiger partial charge on any atom is -0.356 e. The smallest absolute Gasteiger partial charge is 0.258 e. The molecule has 0 fully saturated rings. The highest BCUT2D eigenvalue weighted by Crippen LogP contribution is 2.22. The summed E-state index contributed by atoms with van der Waals surface area (Å²) in [4.78, 5) is 32.2. The molecule has 0 aliphatic heterocycles. The molecule has 0 unspecified atom stereocenters. The van der Waals surface area contributed by atoms with E-state index >= 15 is 0 Å². The Morgan fingerprint density at radius 3 is 2.53 bits per heavy atom. The number of aryl methyl sites for hydroxylation is 2. The van der Waals surface area contributed by atoms with E-state index in [-0.39, 0.29) is 11.8 Å². The van der Waals surface area contributed by atoms with Crippen LogP contribution in [0.15, 0.2) is 73.2 Å². The van der Waals surface area contributed by atoms with E-state index in [4.69, 9.17) is 4.98 Å². The molecule has 0 radical (unpaired) electrons. The number of nitrogens with zero attached hydrogens (tertiary/aromatic N) is 5. The first kappa shape index (κ1) is 26.8. The lowest BCUT2D eigenvalue weighted by Crippen LogP contribution is -2.26. The maximum atomic E-state index is 13.2. The number of hydrogen-bond acceptors (Lipinski definition) is 5. The second-order valence-corrected chi connectivity index (χ2v) is 9.56. The Labute approximate surface area is 223 Å². The van der Waals surface area contributed by atoms with Crippen LogP contribution in [-0.2, 0) is 18.3 Å². The van der Waals surface area contributed by atoms with Crippen LogP contribution in [0.1, 0.15) is 35.3 Å². The predicted octanol–water partition coefficient (Wildman–Crippen LogP) is 3.92. The van der Waals surface area contributed by atoms with Gasteiger partial charge < -0.3 is 10.2 Å². The van der Waals surface area contributed by atoms with Crippen LogP contribution >= 0.6 is 0 Å². The zero-order valence-electron chi connectivity index (χ0n) is 22.2. The van der Waals surface area contributed by atoms with E-state index in [1.807, 2.05) is 86.6 Å². The van der Waals surface area contributed by atoms with Crippen molar-refractivity contribution in [3.63, 3.8) is 0 Å². The fourth-order valence-electron chi connectivity index (χ4n) is 4.15. The Morgan fingerprint density at radius 1 is 0.974 bits per heavy atom. The zero-order chi connectivity index (χ0) is 26.9. The molecule has 38 heavy (non-hydrogen) atoms. The van der Waals surface area contributed by atoms with Crippen LogP contribution in [0.3, 0.4) is 0 Å². The number of hydrogen-bond donors (Lipinski definition) is 2. The van der Waals surface area contributed by atoms with Gasteiger partial charge in [0.1, 0.15) is 0 Å². The topological polar surface area (TPSA) is 97.1 Å². The van der Waals surface area contributed by atoms with Crippen molar-refractivity contribution in [1.82, 2.24) is 29.5 Å². The number of amides is 2. The fourth-order valence-corrected chi connectivity index (χ4v) is 4.15. The van der Waals surface area contributed by atoms with Crippen LogP contribution in [0.25, 0.3) is 16.8 Å². The third kappa shape index (κ3) is 7.39. The molecule has 198 valence electrons. The highest BCUT2D eigenvalue weighted by atomic mass is 16.2. The summed E-state index contributed by atoms with van der Waals surface area (Å²) in [5, 5.41) is 10.2. The average Bonchev–Trinajstić information content (AvgIpc) is 3.53. The van der Waals surface area contributed by atoms with E-state index in [1.165, 1.54) is 0 Å². The van der Waals surface area contributed by atoms with Gasteiger partial charge in [0.05, 0.1) is 11.9 Å². The van der Waals surface area contributed by atoms with E-state index in [2.05, 4.69) is 20.6 Å². The lowest BCUT2D eigenvalue weighted by molar-refractivity contribution is -0.121. The molecule has 2 aromatic carbocycles. The number of aromatic nitrogens is 4. The SMILES string of the molecule is CN(C)CCCNC(=O)CCCc1cn(-c2ccccc2)c(NC(=O)c2cccc(-c3cnn(C)c3)c2)n1. The minimum atomic E-state index is -0.248. The molecule has 0 saturated carbocycles. The van der Waals surface area contributed by atoms with Crippen molar-refractivity contribution in [2.45, 2.75) is 25.7 Å². The second-order valence-electron chi connectivity index (χ2n) is 9.56. The van der Waals surface area contributed by atoms with Gasteiger partial charge in [0.25, 0.3) is 5.91 Å². The number of anilines is 1. The van der Waals surface area contributed by atoms with Gasteiger partial charge in [0, 0.05) is 49.2 Å². The quantitative estimate of drug-likeness (QED) is 0.280. The van der Waals surface area contributed by atoms with Crippen molar-refractivity contribution >= 4 is 17.8 Å². The van der Waals surface area contributed by atoms with Crippen molar-refractivity contribution in [1.29, 1.82) is 0 Å². The molecule has 0 aliphatic rings. The molecular formula is C29H35N7O2. The van der Waals surface area contributed by atoms with Gasteiger partial charge in [-0.15, -0.1) is 0 Å². The number of rotatable bonds is 12. The van der Waals surface area contributed by atoms with Gasteiger partial charge in [-0.25, -0.2) is 4.98 Å². The molecule has 0 atom stereocenters. The van der Waals surface area contributed by atoms with E-state index in [0.717, 1.165) is 35.5 Å². The zero-order valence-corrected chi connectivity index (χ0v) is 22.2. The molecule has 0 aliphatic carbocycles. The van der Waals surface area contributed by atoms with Gasteiger partial charge in [-0.3, -0.25) is 24.2 Å². The third-order valence-corrected chi connectivity index (χ3v) is 6.12. The molecule has 2 amide bonds. The van der Waals surface area contributed by atoms with Crippen molar-refractivity contribution in [3.8, 4) is 16.8 Å². The molecule has 9 nitrogen and oxygen atoms in total. The lowest BCUT2D eigenvalue weighted by atomic mass is 10.1. The van der Waals surface area contributed by atoms with E-state index in [9.17, 15) is 9.59 Å². The Bertz CT molecular complexity index is 1360. The minimum absolute atomic E-state index is 0.0493. The summed E-state index contributed by atoms with van der Waals surface area (Å²) < 4.78 is 3.61. The summed E-state index contributed by atoms with van der Waals surface area (Å²) in [6, 6.07) is 17.2. The highest BCUT2D eigenvalue weighted by Gasteiger charge is 2.15. The summed E-state index contributed by atoms with van der Waals surface area (Å²) in [5.41, 5.74) is 4.09. The molecule has 2 aromatic heterocycles. The van der Waals surface area contributed by atoms with Crippen LogP contribution in [0.5, 0.6) is 0 Å². The molecule has 4 aromatic rings. The monoisotopic (exact) mass is 513 g/mol. The van der Waals surface area contributed by atoms with Crippen molar-refractivity contribution < 1.29 is 9.59 Å². The van der Waals surface area contributed by atoms with E-state index in [0.29, 0.717) is 37.3 Å². The number of imidazole rings is 1. The number of benzene rings is 2. The molecule has 0 saturated heterocycles. The fraction of sp³-hybridized carbons (Fsp3) is 0.310. The first-order valence-electron chi connectivity index (χ1n) is 12.8. The van der Waals surface area contributed by atoms with Crippen molar-refractivity contribution in [3.05, 3.63) is 84.4 Å². The second kappa shape index (κ2) is 12.8. The molecule has 2 heterocycles. The van der Waals surface area contributed by atoms with Crippen LogP contribution in [0.2, 0.25) is 0 Å². The van der Waals surface area contributed by atoms with Crippen LogP contribution in [-0.4, -0.2) is 63.2 Å². The van der Waals surface area contributed by atoms with E-state index < -0.39 is 0 Å². The van der Waals surface area contributed by atoms with E-state index in [1.54, 1.807) is 16.9 Å². The van der Waals surface area contributed by atoms with Gasteiger partial charge in [-0.2, -0.15) is 5.10 Å². The highest BCUT2D eigenvalue weighted by molar-refractivity contribution is 6.04. The largest absolute Gasteiger partial charge is 0.356 e. The molecule has 4 rings (SSSR count). The normalized spacial score (nSPS) is 11.1. The number of nitrogens with one attached hydrogen (secondary N) is 2. The van der Waals surface area contributed by atoms with Crippen LogP contribution in [0, 0.1) is 0 Å². The van der Waals surface area contributed by atoms with Crippen molar-refractivity contribution in [2.75, 3.05) is 32.5 Å². The Morgan fingerprint density at radius 2 is 1.79 bits per heavy atom. The predicted molar refractivity (Wildman–Crippen MR) is 149 cm³/mol. The number of para-hydroxylation sites is 1. The van der Waals surface area contributed by atoms with Gasteiger partial charge in [0.2, 0.25) is 11.9 Å². The number of carbonyl (C=O) groups excluding carboxylic acids is 2. The summed E-state index contributed by atoms with van der Waals surface area (Å²) in [7, 11) is 5.90. The Kier molecular flexibility index (Phi) is 9.05. The first-order chi connectivity index (χ1) is 18.4. The molecule has 0 bridgehead atoms. The average molecular weight is 514 g/mol. The molecule has 0 spiro atoms. The lowest BCUT2D eigenvalue weighted by Gasteiger charge is -2.09. The summed E-state index contributed by atoms with van der Waals surface area (Å²) in [5.74, 6) is 0.242. The number of carbonyl (C=O) groups is 2. The first-order valence-corrected chi connectivity index (χ1v) is 12.8. The maximum Gasteiger partial charge on any atom is 0.258 e. The summed E-state index contributed by atoms with van der Waals surface area (Å²) in [6.45, 7) is 1.62. The Balaban J connectivity index is 1.43. The van der Waals surface area contributed by atoms with Crippen LogP contribution < -0.4 is 10.6 Å². The van der Waals surface area contributed by atoms with Gasteiger partial charge in [-0.05, 0) is 69.7 Å². The maximum absolute atomic E-state index is 13.2. The van der Waals surface area contributed by atoms with Crippen LogP contribution in [0.4, 0.5) is 5.95 Å². The molecule has 9 heteroatoms. The van der Waals surface area contributed by atoms with Gasteiger partial charge in [-0.1, -0.05) is 30.3 Å². The molecule has 2 N–H and O–H groups in total. The molecular weight excluding hydrogens is 478 g/mol. The van der Waals surface area contributed by atoms with Gasteiger partial charge in [0.15, 0.2) is 0 Å².